The number of aromatic nitrogens is 3. The molecule has 1 fully saturated rings. The molecule has 1 amide bonds. The molecule has 2 N–H and O–H groups in total. The molecule has 0 saturated heterocycles. The van der Waals surface area contributed by atoms with E-state index in [4.69, 9.17) is 15.6 Å². The number of benzene rings is 2. The average molecular weight is 488 g/mol. The molecule has 2 aromatic carbocycles. The van der Waals surface area contributed by atoms with Crippen LogP contribution in [-0.2, 0) is 4.79 Å². The summed E-state index contributed by atoms with van der Waals surface area (Å²) in [5.74, 6) is 3.52. The van der Waals surface area contributed by atoms with Gasteiger partial charge in [-0.15, -0.1) is 0 Å². The summed E-state index contributed by atoms with van der Waals surface area (Å²) < 4.78 is 34.9. The summed E-state index contributed by atoms with van der Waals surface area (Å²) in [6.07, 6.45) is 3.14. The second-order valence-electron chi connectivity index (χ2n) is 8.63. The van der Waals surface area contributed by atoms with Crippen molar-refractivity contribution in [3.63, 3.8) is 0 Å². The van der Waals surface area contributed by atoms with Crippen molar-refractivity contribution in [2.75, 3.05) is 12.8 Å². The molecule has 5 rings (SSSR count). The summed E-state index contributed by atoms with van der Waals surface area (Å²) in [5, 5.41) is 5.60. The molecule has 0 atom stereocenters. The molecule has 2 heterocycles. The highest BCUT2D eigenvalue weighted by Gasteiger charge is 2.37. The molecule has 0 spiro atoms. The topological polar surface area (TPSA) is 86.3 Å². The maximum absolute atomic E-state index is 14.0. The maximum atomic E-state index is 14.0. The Morgan fingerprint density at radius 2 is 1.92 bits per heavy atom. The minimum Gasteiger partial charge on any atom is -0.454 e. The molecule has 1 aliphatic carbocycles. The average Bonchev–Trinajstić information content (AvgIpc) is 3.22. The molecule has 0 aliphatic heterocycles. The third-order valence-corrected chi connectivity index (χ3v) is 6.46. The number of halogens is 2. The maximum Gasteiger partial charge on any atom is 0.298 e. The highest BCUT2D eigenvalue weighted by molar-refractivity contribution is 6.00. The number of pyridine rings is 1. The Morgan fingerprint density at radius 3 is 2.64 bits per heavy atom. The van der Waals surface area contributed by atoms with Crippen molar-refractivity contribution >= 4 is 22.6 Å². The SMILES string of the molecule is CC#CC(=O)N(C)C1CC(n2nc(-c3ccc(Oc4cccc(F)c4F)cc3)c3c(N)nccc32)C1. The predicted octanol–water partition coefficient (Wildman–Crippen LogP) is 4.94. The molecule has 0 unspecified atom stereocenters. The molecule has 0 bridgehead atoms. The highest BCUT2D eigenvalue weighted by Crippen LogP contribution is 2.40. The fourth-order valence-electron chi connectivity index (χ4n) is 4.40. The molecule has 2 aromatic heterocycles. The van der Waals surface area contributed by atoms with Crippen LogP contribution in [0.1, 0.15) is 25.8 Å². The highest BCUT2D eigenvalue weighted by atomic mass is 19.2. The number of hydrogen-bond donors (Lipinski definition) is 1. The third kappa shape index (κ3) is 4.11. The van der Waals surface area contributed by atoms with Gasteiger partial charge in [-0.1, -0.05) is 12.0 Å². The van der Waals surface area contributed by atoms with E-state index < -0.39 is 11.6 Å². The fraction of sp³-hybridized carbons (Fsp3) is 0.222. The number of anilines is 1. The van der Waals surface area contributed by atoms with Gasteiger partial charge in [0.2, 0.25) is 5.82 Å². The Hall–Kier alpha value is -4.45. The molecule has 7 nitrogen and oxygen atoms in total. The van der Waals surface area contributed by atoms with E-state index in [1.165, 1.54) is 12.1 Å². The largest absolute Gasteiger partial charge is 0.454 e. The minimum atomic E-state index is -1.04. The smallest absolute Gasteiger partial charge is 0.298 e. The first-order valence-electron chi connectivity index (χ1n) is 11.4. The molecule has 182 valence electrons. The minimum absolute atomic E-state index is 0.0879. The van der Waals surface area contributed by atoms with Crippen LogP contribution in [0.5, 0.6) is 11.5 Å². The van der Waals surface area contributed by atoms with Crippen molar-refractivity contribution in [2.45, 2.75) is 31.8 Å². The van der Waals surface area contributed by atoms with Crippen molar-refractivity contribution in [1.29, 1.82) is 0 Å². The lowest BCUT2D eigenvalue weighted by Crippen LogP contribution is -2.46. The first kappa shape index (κ1) is 23.3. The lowest BCUT2D eigenvalue weighted by atomic mass is 9.85. The summed E-state index contributed by atoms with van der Waals surface area (Å²) in [5.41, 5.74) is 8.52. The quantitative estimate of drug-likeness (QED) is 0.403. The number of ether oxygens (including phenoxy) is 1. The fourth-order valence-corrected chi connectivity index (χ4v) is 4.40. The second kappa shape index (κ2) is 9.30. The zero-order valence-electron chi connectivity index (χ0n) is 19.7. The lowest BCUT2D eigenvalue weighted by molar-refractivity contribution is -0.128. The van der Waals surface area contributed by atoms with Crippen LogP contribution in [0.2, 0.25) is 0 Å². The van der Waals surface area contributed by atoms with Crippen LogP contribution >= 0.6 is 0 Å². The van der Waals surface area contributed by atoms with Gasteiger partial charge in [0.1, 0.15) is 17.3 Å². The molecular weight excluding hydrogens is 464 g/mol. The van der Waals surface area contributed by atoms with E-state index in [0.29, 0.717) is 17.3 Å². The number of carbonyl (C=O) groups excluding carboxylic acids is 1. The Balaban J connectivity index is 1.42. The summed E-state index contributed by atoms with van der Waals surface area (Å²) >= 11 is 0. The number of nitrogens with zero attached hydrogens (tertiary/aromatic N) is 4. The van der Waals surface area contributed by atoms with Gasteiger partial charge in [-0.25, -0.2) is 9.37 Å². The van der Waals surface area contributed by atoms with Crippen molar-refractivity contribution < 1.29 is 18.3 Å². The number of nitrogens with two attached hydrogens (primary N) is 1. The number of amides is 1. The van der Waals surface area contributed by atoms with Gasteiger partial charge in [-0.2, -0.15) is 9.49 Å². The summed E-state index contributed by atoms with van der Waals surface area (Å²) in [6, 6.07) is 12.7. The van der Waals surface area contributed by atoms with E-state index in [9.17, 15) is 13.6 Å². The van der Waals surface area contributed by atoms with Crippen LogP contribution in [0.4, 0.5) is 14.6 Å². The summed E-state index contributed by atoms with van der Waals surface area (Å²) in [4.78, 5) is 18.0. The Morgan fingerprint density at radius 1 is 1.17 bits per heavy atom. The Labute approximate surface area is 206 Å². The van der Waals surface area contributed by atoms with Crippen LogP contribution in [0.15, 0.2) is 54.7 Å². The van der Waals surface area contributed by atoms with Gasteiger partial charge < -0.3 is 15.4 Å². The Kier molecular flexibility index (Phi) is 6.02. The van der Waals surface area contributed by atoms with E-state index in [1.54, 1.807) is 49.3 Å². The summed E-state index contributed by atoms with van der Waals surface area (Å²) in [7, 11) is 1.77. The van der Waals surface area contributed by atoms with Gasteiger partial charge >= 0.3 is 0 Å². The van der Waals surface area contributed by atoms with Crippen molar-refractivity contribution in [1.82, 2.24) is 19.7 Å². The van der Waals surface area contributed by atoms with Crippen molar-refractivity contribution in [3.05, 3.63) is 66.4 Å². The number of fused-ring (bicyclic) bond motifs is 1. The zero-order chi connectivity index (χ0) is 25.4. The molecule has 4 aromatic rings. The van der Waals surface area contributed by atoms with E-state index in [0.717, 1.165) is 35.4 Å². The number of carbonyl (C=O) groups is 1. The normalized spacial score (nSPS) is 16.7. The van der Waals surface area contributed by atoms with E-state index in [2.05, 4.69) is 16.8 Å². The molecule has 1 aliphatic rings. The van der Waals surface area contributed by atoms with E-state index in [-0.39, 0.29) is 23.7 Å². The molecule has 9 heteroatoms. The van der Waals surface area contributed by atoms with Crippen molar-refractivity contribution in [2.24, 2.45) is 0 Å². The molecule has 1 saturated carbocycles. The van der Waals surface area contributed by atoms with Gasteiger partial charge in [0.15, 0.2) is 11.6 Å². The first-order chi connectivity index (χ1) is 17.4. The lowest BCUT2D eigenvalue weighted by Gasteiger charge is -2.40. The molecule has 36 heavy (non-hydrogen) atoms. The monoisotopic (exact) mass is 487 g/mol. The number of rotatable bonds is 5. The van der Waals surface area contributed by atoms with E-state index in [1.807, 2.05) is 10.7 Å². The third-order valence-electron chi connectivity index (χ3n) is 6.46. The van der Waals surface area contributed by atoms with Crippen LogP contribution in [0.3, 0.4) is 0 Å². The zero-order valence-corrected chi connectivity index (χ0v) is 19.7. The van der Waals surface area contributed by atoms with Crippen molar-refractivity contribution in [3.8, 4) is 34.6 Å². The second-order valence-corrected chi connectivity index (χ2v) is 8.63. The summed E-state index contributed by atoms with van der Waals surface area (Å²) in [6.45, 7) is 1.64. The molecule has 0 radical (unpaired) electrons. The van der Waals surface area contributed by atoms with Gasteiger partial charge in [-0.3, -0.25) is 9.48 Å². The first-order valence-corrected chi connectivity index (χ1v) is 11.4. The van der Waals surface area contributed by atoms with Gasteiger partial charge in [-0.05, 0) is 68.2 Å². The number of hydrogen-bond acceptors (Lipinski definition) is 5. The number of nitrogen functional groups attached to an aromatic ring is 1. The van der Waals surface area contributed by atoms with E-state index >= 15 is 0 Å². The van der Waals surface area contributed by atoms with Gasteiger partial charge in [0, 0.05) is 24.8 Å². The standard InChI is InChI=1S/C27H23F2N5O2/c1-3-5-23(35)33(2)17-14-18(15-17)34-21-12-13-31-27(30)24(21)26(32-34)16-8-10-19(11-9-16)36-22-7-4-6-20(28)25(22)29/h4,6-13,17-18H,14-15H2,1-2H3,(H2,30,31). The van der Waals surface area contributed by atoms with Crippen LogP contribution in [0, 0.1) is 23.5 Å². The molecular formula is C27H23F2N5O2. The predicted molar refractivity (Wildman–Crippen MR) is 132 cm³/mol. The van der Waals surface area contributed by atoms with Crippen LogP contribution < -0.4 is 10.5 Å². The van der Waals surface area contributed by atoms with Gasteiger partial charge in [0.05, 0.1) is 16.9 Å². The van der Waals surface area contributed by atoms with Crippen LogP contribution in [0.25, 0.3) is 22.2 Å². The van der Waals surface area contributed by atoms with Crippen LogP contribution in [-0.4, -0.2) is 38.7 Å². The Bertz CT molecular complexity index is 1520. The van der Waals surface area contributed by atoms with Gasteiger partial charge in [0.25, 0.3) is 5.91 Å².